The molecule has 2 aliphatic rings. The van der Waals surface area contributed by atoms with Gasteiger partial charge in [0.15, 0.2) is 0 Å². The summed E-state index contributed by atoms with van der Waals surface area (Å²) < 4.78 is 0. The molecule has 1 fully saturated rings. The minimum atomic E-state index is 0.172. The fourth-order valence-corrected chi connectivity index (χ4v) is 4.62. The number of nitrogens with zero attached hydrogens (tertiary/aromatic N) is 4. The number of phenolic OH excluding ortho intramolecular Hbond substituents is 1. The lowest BCUT2D eigenvalue weighted by Crippen LogP contribution is -2.23. The van der Waals surface area contributed by atoms with E-state index in [1.165, 1.54) is 11.3 Å². The Bertz CT molecular complexity index is 1120. The highest BCUT2D eigenvalue weighted by Crippen LogP contribution is 2.34. The summed E-state index contributed by atoms with van der Waals surface area (Å²) in [6.07, 6.45) is 4.10. The van der Waals surface area contributed by atoms with Gasteiger partial charge in [-0.3, -0.25) is 0 Å². The van der Waals surface area contributed by atoms with E-state index in [0.29, 0.717) is 11.9 Å². The lowest BCUT2D eigenvalue weighted by Gasteiger charge is -2.20. The highest BCUT2D eigenvalue weighted by atomic mass is 16.3. The van der Waals surface area contributed by atoms with Crippen molar-refractivity contribution < 1.29 is 5.11 Å². The van der Waals surface area contributed by atoms with Crippen LogP contribution >= 0.6 is 0 Å². The van der Waals surface area contributed by atoms with Gasteiger partial charge in [0.05, 0.1) is 5.52 Å². The van der Waals surface area contributed by atoms with Crippen LogP contribution in [0.15, 0.2) is 54.4 Å². The molecule has 0 saturated carbocycles. The number of anilines is 3. The van der Waals surface area contributed by atoms with Crippen LogP contribution in [0.1, 0.15) is 25.3 Å². The first-order valence-corrected chi connectivity index (χ1v) is 10.5. The third-order valence-corrected chi connectivity index (χ3v) is 6.07. The number of benzene rings is 2. The molecule has 154 valence electrons. The van der Waals surface area contributed by atoms with Crippen LogP contribution in [0, 0.1) is 5.92 Å². The Morgan fingerprint density at radius 3 is 2.63 bits per heavy atom. The second-order valence-corrected chi connectivity index (χ2v) is 8.68. The van der Waals surface area contributed by atoms with E-state index in [4.69, 9.17) is 4.98 Å². The molecule has 6 heteroatoms. The molecule has 2 aromatic carbocycles. The van der Waals surface area contributed by atoms with Crippen LogP contribution in [0.25, 0.3) is 10.9 Å². The van der Waals surface area contributed by atoms with Crippen molar-refractivity contribution in [1.82, 2.24) is 14.9 Å². The Morgan fingerprint density at radius 2 is 1.90 bits per heavy atom. The molecule has 5 rings (SSSR count). The maximum atomic E-state index is 10.3. The lowest BCUT2D eigenvalue weighted by atomic mass is 9.99. The van der Waals surface area contributed by atoms with Crippen LogP contribution < -0.4 is 10.2 Å². The zero-order chi connectivity index (χ0) is 20.8. The molecule has 6 nitrogen and oxygen atoms in total. The van der Waals surface area contributed by atoms with Gasteiger partial charge in [0, 0.05) is 67.3 Å². The summed E-state index contributed by atoms with van der Waals surface area (Å²) in [5.74, 6) is 1.64. The number of nitrogens with one attached hydrogen (secondary N) is 1. The fourth-order valence-electron chi connectivity index (χ4n) is 4.62. The lowest BCUT2D eigenvalue weighted by molar-refractivity contribution is 0.442. The maximum Gasteiger partial charge on any atom is 0.227 e. The molecule has 3 aromatic rings. The predicted octanol–water partition coefficient (Wildman–Crippen LogP) is 4.47. The molecular formula is C24H27N5O. The first kappa shape index (κ1) is 18.7. The van der Waals surface area contributed by atoms with Crippen molar-refractivity contribution >= 4 is 28.2 Å². The van der Waals surface area contributed by atoms with Crippen LogP contribution in [0.5, 0.6) is 5.75 Å². The van der Waals surface area contributed by atoms with E-state index in [1.54, 1.807) is 12.3 Å². The van der Waals surface area contributed by atoms with Gasteiger partial charge in [-0.05, 0) is 47.9 Å². The van der Waals surface area contributed by atoms with Crippen LogP contribution in [0.3, 0.4) is 0 Å². The van der Waals surface area contributed by atoms with Gasteiger partial charge >= 0.3 is 0 Å². The van der Waals surface area contributed by atoms with Crippen molar-refractivity contribution in [2.45, 2.75) is 19.8 Å². The standard InChI is InChI=1S/C24H27N5O/c1-15(2)22-21(30)9-4-16-10-25-24(27-23(16)22)26-19-5-7-20(8-6-19)29-13-17-11-28(3)12-18(17)14-29/h4-11,15,18,30H,12-14H2,1-3H3,(H,25,26,27). The molecule has 3 heterocycles. The molecule has 0 spiro atoms. The third kappa shape index (κ3) is 3.32. The topological polar surface area (TPSA) is 64.5 Å². The number of aromatic nitrogens is 2. The van der Waals surface area contributed by atoms with Gasteiger partial charge in [0.2, 0.25) is 5.95 Å². The summed E-state index contributed by atoms with van der Waals surface area (Å²) in [5, 5.41) is 14.5. The normalized spacial score (nSPS) is 18.3. The van der Waals surface area contributed by atoms with Crippen LogP contribution in [0.4, 0.5) is 17.3 Å². The Morgan fingerprint density at radius 1 is 1.10 bits per heavy atom. The Balaban J connectivity index is 1.36. The third-order valence-electron chi connectivity index (χ3n) is 6.07. The van der Waals surface area contributed by atoms with Gasteiger partial charge in [-0.2, -0.15) is 0 Å². The maximum absolute atomic E-state index is 10.3. The van der Waals surface area contributed by atoms with E-state index in [1.807, 2.05) is 6.07 Å². The average Bonchev–Trinajstić information content (AvgIpc) is 3.25. The first-order valence-electron chi connectivity index (χ1n) is 10.5. The molecule has 2 aliphatic heterocycles. The van der Waals surface area contributed by atoms with Crippen LogP contribution in [-0.2, 0) is 0 Å². The summed E-state index contributed by atoms with van der Waals surface area (Å²) in [6.45, 7) is 7.33. The summed E-state index contributed by atoms with van der Waals surface area (Å²) in [4.78, 5) is 13.9. The van der Waals surface area contributed by atoms with E-state index in [9.17, 15) is 5.11 Å². The minimum Gasteiger partial charge on any atom is -0.508 e. The summed E-state index contributed by atoms with van der Waals surface area (Å²) in [7, 11) is 2.15. The number of hydrogen-bond donors (Lipinski definition) is 2. The van der Waals surface area contributed by atoms with Gasteiger partial charge in [0.25, 0.3) is 0 Å². The molecular weight excluding hydrogens is 374 g/mol. The Hall–Kier alpha value is -3.28. The molecule has 1 saturated heterocycles. The van der Waals surface area contributed by atoms with Crippen molar-refractivity contribution in [1.29, 1.82) is 0 Å². The monoisotopic (exact) mass is 401 g/mol. The Labute approximate surface area is 176 Å². The van der Waals surface area contributed by atoms with E-state index >= 15 is 0 Å². The van der Waals surface area contributed by atoms with E-state index in [-0.39, 0.29) is 11.7 Å². The van der Waals surface area contributed by atoms with Gasteiger partial charge in [0.1, 0.15) is 5.75 Å². The quantitative estimate of drug-likeness (QED) is 0.673. The SMILES string of the molecule is CC(C)c1c(O)ccc2cnc(Nc3ccc(N4CC5=CN(C)CC5C4)cc3)nc12. The molecule has 1 aromatic heterocycles. The second kappa shape index (κ2) is 7.20. The summed E-state index contributed by atoms with van der Waals surface area (Å²) >= 11 is 0. The summed E-state index contributed by atoms with van der Waals surface area (Å²) in [6, 6.07) is 12.0. The van der Waals surface area contributed by atoms with Crippen molar-refractivity contribution in [2.24, 2.45) is 5.92 Å². The van der Waals surface area contributed by atoms with E-state index in [0.717, 1.165) is 41.8 Å². The summed E-state index contributed by atoms with van der Waals surface area (Å²) in [5.41, 5.74) is 5.37. The molecule has 1 unspecified atom stereocenters. The minimum absolute atomic E-state index is 0.172. The highest BCUT2D eigenvalue weighted by molar-refractivity contribution is 5.85. The van der Waals surface area contributed by atoms with Gasteiger partial charge in [-0.1, -0.05) is 13.8 Å². The zero-order valence-corrected chi connectivity index (χ0v) is 17.6. The van der Waals surface area contributed by atoms with Gasteiger partial charge < -0.3 is 20.2 Å². The van der Waals surface area contributed by atoms with Crippen molar-refractivity contribution in [3.05, 3.63) is 59.9 Å². The van der Waals surface area contributed by atoms with Crippen LogP contribution in [0.2, 0.25) is 0 Å². The fraction of sp³-hybridized carbons (Fsp3) is 0.333. The molecule has 0 bridgehead atoms. The molecule has 30 heavy (non-hydrogen) atoms. The molecule has 2 N–H and O–H groups in total. The number of hydrogen-bond acceptors (Lipinski definition) is 6. The average molecular weight is 402 g/mol. The highest BCUT2D eigenvalue weighted by Gasteiger charge is 2.32. The smallest absolute Gasteiger partial charge is 0.227 e. The van der Waals surface area contributed by atoms with Crippen molar-refractivity contribution in [2.75, 3.05) is 36.9 Å². The van der Waals surface area contributed by atoms with Gasteiger partial charge in [-0.25, -0.2) is 9.97 Å². The first-order chi connectivity index (χ1) is 14.5. The van der Waals surface area contributed by atoms with E-state index < -0.39 is 0 Å². The van der Waals surface area contributed by atoms with E-state index in [2.05, 4.69) is 71.5 Å². The molecule has 0 radical (unpaired) electrons. The predicted molar refractivity (Wildman–Crippen MR) is 121 cm³/mol. The van der Waals surface area contributed by atoms with Crippen molar-refractivity contribution in [3.8, 4) is 5.75 Å². The number of aromatic hydroxyl groups is 1. The Kier molecular flexibility index (Phi) is 4.50. The molecule has 0 aliphatic carbocycles. The van der Waals surface area contributed by atoms with Crippen molar-refractivity contribution in [3.63, 3.8) is 0 Å². The number of phenols is 1. The number of rotatable bonds is 4. The van der Waals surface area contributed by atoms with Gasteiger partial charge in [-0.15, -0.1) is 0 Å². The molecule has 1 atom stereocenters. The second-order valence-electron chi connectivity index (χ2n) is 8.68. The zero-order valence-electron chi connectivity index (χ0n) is 17.6. The molecule has 0 amide bonds. The number of fused-ring (bicyclic) bond motifs is 2. The van der Waals surface area contributed by atoms with Crippen LogP contribution in [-0.4, -0.2) is 46.7 Å². The largest absolute Gasteiger partial charge is 0.508 e.